The molecule has 0 heterocycles. The van der Waals surface area contributed by atoms with E-state index in [2.05, 4.69) is 15.9 Å². The molecule has 0 saturated heterocycles. The fourth-order valence-corrected chi connectivity index (χ4v) is 2.40. The molecule has 0 amide bonds. The lowest BCUT2D eigenvalue weighted by molar-refractivity contribution is -0.140. The van der Waals surface area contributed by atoms with Crippen LogP contribution in [0.3, 0.4) is 0 Å². The first-order valence-electron chi connectivity index (χ1n) is 5.88. The second-order valence-electron chi connectivity index (χ2n) is 4.48. The SMILES string of the molecule is Cc1cc(Br)ccc1C(=O)c1ccc(F)c(C(F)(F)F)c1. The van der Waals surface area contributed by atoms with Crippen molar-refractivity contribution in [2.24, 2.45) is 0 Å². The molecule has 0 unspecified atom stereocenters. The predicted molar refractivity (Wildman–Crippen MR) is 73.7 cm³/mol. The van der Waals surface area contributed by atoms with Crippen LogP contribution in [-0.2, 0) is 6.18 Å². The average Bonchev–Trinajstić information content (AvgIpc) is 2.37. The van der Waals surface area contributed by atoms with Gasteiger partial charge in [-0.1, -0.05) is 15.9 Å². The highest BCUT2D eigenvalue weighted by molar-refractivity contribution is 9.10. The van der Waals surface area contributed by atoms with Crippen LogP contribution < -0.4 is 0 Å². The quantitative estimate of drug-likeness (QED) is 0.534. The van der Waals surface area contributed by atoms with E-state index in [-0.39, 0.29) is 11.1 Å². The number of alkyl halides is 3. The van der Waals surface area contributed by atoms with Gasteiger partial charge in [0.1, 0.15) is 5.82 Å². The average molecular weight is 361 g/mol. The van der Waals surface area contributed by atoms with Gasteiger partial charge in [0.2, 0.25) is 0 Å². The second-order valence-corrected chi connectivity index (χ2v) is 5.40. The number of ketones is 1. The number of halogens is 5. The van der Waals surface area contributed by atoms with Crippen LogP contribution in [0.1, 0.15) is 27.0 Å². The van der Waals surface area contributed by atoms with Gasteiger partial charge in [0.15, 0.2) is 5.78 Å². The molecule has 0 aliphatic rings. The number of rotatable bonds is 2. The van der Waals surface area contributed by atoms with E-state index in [4.69, 9.17) is 0 Å². The van der Waals surface area contributed by atoms with E-state index in [1.165, 1.54) is 6.07 Å². The Labute approximate surface area is 126 Å². The third-order valence-corrected chi connectivity index (χ3v) is 3.46. The van der Waals surface area contributed by atoms with Crippen LogP contribution in [0.25, 0.3) is 0 Å². The summed E-state index contributed by atoms with van der Waals surface area (Å²) in [6, 6.07) is 7.06. The number of hydrogen-bond donors (Lipinski definition) is 0. The summed E-state index contributed by atoms with van der Waals surface area (Å²) >= 11 is 3.24. The maximum atomic E-state index is 13.2. The smallest absolute Gasteiger partial charge is 0.289 e. The van der Waals surface area contributed by atoms with Gasteiger partial charge in [-0.15, -0.1) is 0 Å². The van der Waals surface area contributed by atoms with E-state index in [9.17, 15) is 22.4 Å². The second kappa shape index (κ2) is 5.60. The topological polar surface area (TPSA) is 17.1 Å². The van der Waals surface area contributed by atoms with Gasteiger partial charge in [0.05, 0.1) is 5.56 Å². The highest BCUT2D eigenvalue weighted by Gasteiger charge is 2.34. The molecule has 21 heavy (non-hydrogen) atoms. The molecule has 0 atom stereocenters. The monoisotopic (exact) mass is 360 g/mol. The minimum absolute atomic E-state index is 0.200. The van der Waals surface area contributed by atoms with Crippen molar-refractivity contribution in [1.29, 1.82) is 0 Å². The number of carbonyl (C=O) groups is 1. The van der Waals surface area contributed by atoms with Crippen molar-refractivity contribution in [3.63, 3.8) is 0 Å². The molecule has 0 aromatic heterocycles. The molecule has 2 rings (SSSR count). The molecule has 0 bridgehead atoms. The van der Waals surface area contributed by atoms with E-state index in [0.717, 1.165) is 10.5 Å². The molecule has 0 spiro atoms. The van der Waals surface area contributed by atoms with Crippen molar-refractivity contribution in [3.05, 3.63) is 68.9 Å². The first-order chi connectivity index (χ1) is 9.70. The molecule has 2 aromatic rings. The van der Waals surface area contributed by atoms with Crippen LogP contribution in [0.15, 0.2) is 40.9 Å². The molecule has 0 aliphatic heterocycles. The van der Waals surface area contributed by atoms with Crippen LogP contribution in [0.2, 0.25) is 0 Å². The van der Waals surface area contributed by atoms with E-state index in [0.29, 0.717) is 17.7 Å². The molecule has 1 nitrogen and oxygen atoms in total. The zero-order chi connectivity index (χ0) is 15.8. The lowest BCUT2D eigenvalue weighted by Crippen LogP contribution is -2.11. The summed E-state index contributed by atoms with van der Waals surface area (Å²) in [5.41, 5.74) is -0.748. The maximum absolute atomic E-state index is 13.2. The standard InChI is InChI=1S/C15H9BrF4O/c1-8-6-10(16)3-4-11(8)14(21)9-2-5-13(17)12(7-9)15(18,19)20/h2-7H,1H3. The fourth-order valence-electron chi connectivity index (χ4n) is 1.92. The van der Waals surface area contributed by atoms with E-state index in [1.807, 2.05) is 0 Å². The molecule has 0 saturated carbocycles. The summed E-state index contributed by atoms with van der Waals surface area (Å²) in [4.78, 5) is 12.3. The molecule has 0 N–H and O–H groups in total. The Morgan fingerprint density at radius 1 is 1.10 bits per heavy atom. The number of carbonyl (C=O) groups excluding carboxylic acids is 1. The van der Waals surface area contributed by atoms with Gasteiger partial charge in [-0.2, -0.15) is 13.2 Å². The fraction of sp³-hybridized carbons (Fsp3) is 0.133. The highest BCUT2D eigenvalue weighted by atomic mass is 79.9. The first kappa shape index (κ1) is 15.7. The summed E-state index contributed by atoms with van der Waals surface area (Å²) in [7, 11) is 0. The van der Waals surface area contributed by atoms with Crippen LogP contribution in [0.4, 0.5) is 17.6 Å². The van der Waals surface area contributed by atoms with Gasteiger partial charge in [0.25, 0.3) is 0 Å². The Bertz CT molecular complexity index is 707. The lowest BCUT2D eigenvalue weighted by Gasteiger charge is -2.10. The van der Waals surface area contributed by atoms with Crippen molar-refractivity contribution in [3.8, 4) is 0 Å². The van der Waals surface area contributed by atoms with E-state index >= 15 is 0 Å². The summed E-state index contributed by atoms with van der Waals surface area (Å²) in [5.74, 6) is -1.97. The van der Waals surface area contributed by atoms with Crippen LogP contribution in [0.5, 0.6) is 0 Å². The number of aryl methyl sites for hydroxylation is 1. The third kappa shape index (κ3) is 3.32. The summed E-state index contributed by atoms with van der Waals surface area (Å²) < 4.78 is 52.0. The van der Waals surface area contributed by atoms with Crippen molar-refractivity contribution < 1.29 is 22.4 Å². The Kier molecular flexibility index (Phi) is 4.18. The van der Waals surface area contributed by atoms with Gasteiger partial charge in [0, 0.05) is 15.6 Å². The minimum atomic E-state index is -4.84. The van der Waals surface area contributed by atoms with Crippen LogP contribution in [-0.4, -0.2) is 5.78 Å². The Hall–Kier alpha value is -1.69. The molecular formula is C15H9BrF4O. The predicted octanol–water partition coefficient (Wildman–Crippen LogP) is 5.15. The van der Waals surface area contributed by atoms with Gasteiger partial charge >= 0.3 is 6.18 Å². The first-order valence-corrected chi connectivity index (χ1v) is 6.67. The van der Waals surface area contributed by atoms with Crippen molar-refractivity contribution in [2.75, 3.05) is 0 Å². The highest BCUT2D eigenvalue weighted by Crippen LogP contribution is 2.32. The van der Waals surface area contributed by atoms with Crippen LogP contribution in [0, 0.1) is 12.7 Å². The molecule has 0 aliphatic carbocycles. The number of benzene rings is 2. The summed E-state index contributed by atoms with van der Waals surface area (Å²) in [5, 5.41) is 0. The number of hydrogen-bond acceptors (Lipinski definition) is 1. The van der Waals surface area contributed by atoms with Gasteiger partial charge < -0.3 is 0 Å². The maximum Gasteiger partial charge on any atom is 0.419 e. The van der Waals surface area contributed by atoms with Gasteiger partial charge in [-0.25, -0.2) is 4.39 Å². The lowest BCUT2D eigenvalue weighted by atomic mass is 9.97. The zero-order valence-corrected chi connectivity index (χ0v) is 12.3. The van der Waals surface area contributed by atoms with Crippen molar-refractivity contribution in [2.45, 2.75) is 13.1 Å². The van der Waals surface area contributed by atoms with E-state index in [1.54, 1.807) is 19.1 Å². The normalized spacial score (nSPS) is 11.5. The Balaban J connectivity index is 2.49. The molecule has 2 aromatic carbocycles. The minimum Gasteiger partial charge on any atom is -0.289 e. The molecule has 110 valence electrons. The zero-order valence-electron chi connectivity index (χ0n) is 10.8. The summed E-state index contributed by atoms with van der Waals surface area (Å²) in [6.45, 7) is 1.67. The Morgan fingerprint density at radius 2 is 1.76 bits per heavy atom. The Morgan fingerprint density at radius 3 is 2.33 bits per heavy atom. The summed E-state index contributed by atoms with van der Waals surface area (Å²) in [6.07, 6.45) is -4.84. The molecular weight excluding hydrogens is 352 g/mol. The molecule has 0 radical (unpaired) electrons. The van der Waals surface area contributed by atoms with Crippen molar-refractivity contribution in [1.82, 2.24) is 0 Å². The largest absolute Gasteiger partial charge is 0.419 e. The molecule has 0 fully saturated rings. The van der Waals surface area contributed by atoms with Gasteiger partial charge in [-0.05, 0) is 48.9 Å². The van der Waals surface area contributed by atoms with Crippen LogP contribution >= 0.6 is 15.9 Å². The van der Waals surface area contributed by atoms with Gasteiger partial charge in [-0.3, -0.25) is 4.79 Å². The van der Waals surface area contributed by atoms with Crippen molar-refractivity contribution >= 4 is 21.7 Å². The molecule has 6 heteroatoms. The third-order valence-electron chi connectivity index (χ3n) is 2.97. The van der Waals surface area contributed by atoms with E-state index < -0.39 is 23.3 Å².